The zero-order chi connectivity index (χ0) is 19.9. The minimum absolute atomic E-state index is 0.0262. The Morgan fingerprint density at radius 2 is 1.78 bits per heavy atom. The molecule has 8 heteroatoms. The number of carboxylic acids is 1. The number of carbonyl (C=O) groups excluding carboxylic acids is 1. The van der Waals surface area contributed by atoms with Gasteiger partial charge in [-0.05, 0) is 30.2 Å². The average Bonchev–Trinajstić information content (AvgIpc) is 2.61. The zero-order valence-corrected chi connectivity index (χ0v) is 15.7. The lowest BCUT2D eigenvalue weighted by Crippen LogP contribution is -2.42. The number of amides is 1. The molecule has 0 aliphatic carbocycles. The molecule has 2 rings (SSSR count). The van der Waals surface area contributed by atoms with E-state index in [1.165, 1.54) is 24.3 Å². The maximum absolute atomic E-state index is 12.4. The Labute approximate surface area is 158 Å². The molecule has 0 fully saturated rings. The molecule has 2 aromatic carbocycles. The van der Waals surface area contributed by atoms with E-state index < -0.39 is 27.9 Å². The van der Waals surface area contributed by atoms with Crippen molar-refractivity contribution in [3.8, 4) is 0 Å². The number of aliphatic carboxylic acids is 1. The fourth-order valence-electron chi connectivity index (χ4n) is 2.51. The van der Waals surface area contributed by atoms with Gasteiger partial charge in [0.15, 0.2) is 0 Å². The van der Waals surface area contributed by atoms with Crippen molar-refractivity contribution in [2.45, 2.75) is 25.8 Å². The van der Waals surface area contributed by atoms with Gasteiger partial charge in [-0.25, -0.2) is 13.2 Å². The van der Waals surface area contributed by atoms with E-state index in [1.54, 1.807) is 31.2 Å². The summed E-state index contributed by atoms with van der Waals surface area (Å²) < 4.78 is 26.1. The van der Waals surface area contributed by atoms with Crippen molar-refractivity contribution in [2.75, 3.05) is 10.5 Å². The van der Waals surface area contributed by atoms with Gasteiger partial charge in [-0.2, -0.15) is 0 Å². The van der Waals surface area contributed by atoms with E-state index in [9.17, 15) is 23.1 Å². The molecule has 1 atom stereocenters. The molecular formula is C19H22N2O5S. The molecule has 0 unspecified atom stereocenters. The zero-order valence-electron chi connectivity index (χ0n) is 14.9. The summed E-state index contributed by atoms with van der Waals surface area (Å²) in [6, 6.07) is 13.8. The second-order valence-corrected chi connectivity index (χ2v) is 7.90. The van der Waals surface area contributed by atoms with Crippen molar-refractivity contribution in [1.82, 2.24) is 5.32 Å². The van der Waals surface area contributed by atoms with Crippen molar-refractivity contribution in [2.24, 2.45) is 0 Å². The third kappa shape index (κ3) is 6.41. The molecule has 0 aliphatic rings. The summed E-state index contributed by atoms with van der Waals surface area (Å²) in [5.74, 6) is -1.76. The number of rotatable bonds is 9. The molecular weight excluding hydrogens is 368 g/mol. The Bertz CT molecular complexity index is 897. The van der Waals surface area contributed by atoms with E-state index in [1.807, 2.05) is 6.07 Å². The minimum atomic E-state index is -3.48. The number of hydrogen-bond acceptors (Lipinski definition) is 4. The van der Waals surface area contributed by atoms with E-state index in [2.05, 4.69) is 10.0 Å². The first-order valence-corrected chi connectivity index (χ1v) is 10.1. The van der Waals surface area contributed by atoms with E-state index >= 15 is 0 Å². The summed E-state index contributed by atoms with van der Waals surface area (Å²) in [6.45, 7) is 1.75. The summed E-state index contributed by atoms with van der Waals surface area (Å²) in [5.41, 5.74) is 1.21. The molecule has 7 nitrogen and oxygen atoms in total. The van der Waals surface area contributed by atoms with Crippen molar-refractivity contribution in [1.29, 1.82) is 0 Å². The Hall–Kier alpha value is -2.87. The van der Waals surface area contributed by atoms with Crippen LogP contribution in [0.15, 0.2) is 54.6 Å². The minimum Gasteiger partial charge on any atom is -0.480 e. The van der Waals surface area contributed by atoms with Crippen LogP contribution in [0.3, 0.4) is 0 Å². The summed E-state index contributed by atoms with van der Waals surface area (Å²) >= 11 is 0. The lowest BCUT2D eigenvalue weighted by molar-refractivity contribution is -0.139. The highest BCUT2D eigenvalue weighted by Crippen LogP contribution is 2.14. The van der Waals surface area contributed by atoms with Crippen LogP contribution in [0.25, 0.3) is 0 Å². The van der Waals surface area contributed by atoms with Crippen LogP contribution in [0.1, 0.15) is 29.3 Å². The number of sulfonamides is 1. The molecule has 27 heavy (non-hydrogen) atoms. The molecule has 0 heterocycles. The number of carbonyl (C=O) groups is 2. The predicted octanol–water partition coefficient (Wildman–Crippen LogP) is 2.26. The van der Waals surface area contributed by atoms with Crippen LogP contribution >= 0.6 is 0 Å². The number of anilines is 1. The molecule has 0 aliphatic heterocycles. The van der Waals surface area contributed by atoms with Crippen molar-refractivity contribution < 1.29 is 23.1 Å². The van der Waals surface area contributed by atoms with Gasteiger partial charge in [0.25, 0.3) is 5.91 Å². The summed E-state index contributed by atoms with van der Waals surface area (Å²) in [7, 11) is -3.48. The van der Waals surface area contributed by atoms with Crippen LogP contribution in [0, 0.1) is 0 Å². The second kappa shape index (κ2) is 9.18. The molecule has 0 spiro atoms. The number of benzene rings is 2. The summed E-state index contributed by atoms with van der Waals surface area (Å²) in [4.78, 5) is 23.9. The van der Waals surface area contributed by atoms with Crippen molar-refractivity contribution >= 4 is 27.6 Å². The lowest BCUT2D eigenvalue weighted by atomic mass is 10.1. The number of nitrogens with one attached hydrogen (secondary N) is 2. The topological polar surface area (TPSA) is 113 Å². The van der Waals surface area contributed by atoms with Crippen LogP contribution < -0.4 is 10.0 Å². The molecule has 0 saturated heterocycles. The van der Waals surface area contributed by atoms with Gasteiger partial charge in [-0.3, -0.25) is 9.52 Å². The predicted molar refractivity (Wildman–Crippen MR) is 103 cm³/mol. The van der Waals surface area contributed by atoms with Crippen molar-refractivity contribution in [3.63, 3.8) is 0 Å². The van der Waals surface area contributed by atoms with Crippen LogP contribution in [0.2, 0.25) is 0 Å². The second-order valence-electron chi connectivity index (χ2n) is 6.06. The fraction of sp³-hybridized carbons (Fsp3) is 0.263. The third-order valence-corrected chi connectivity index (χ3v) is 5.25. The van der Waals surface area contributed by atoms with E-state index in [-0.39, 0.29) is 23.4 Å². The highest BCUT2D eigenvalue weighted by molar-refractivity contribution is 7.92. The maximum atomic E-state index is 12.4. The molecule has 2 aromatic rings. The van der Waals surface area contributed by atoms with Crippen LogP contribution in [0.4, 0.5) is 5.69 Å². The monoisotopic (exact) mass is 390 g/mol. The highest BCUT2D eigenvalue weighted by atomic mass is 32.2. The Morgan fingerprint density at radius 3 is 2.41 bits per heavy atom. The normalized spacial score (nSPS) is 12.2. The molecule has 0 aromatic heterocycles. The number of hydrogen-bond donors (Lipinski definition) is 3. The van der Waals surface area contributed by atoms with Crippen LogP contribution in [-0.4, -0.2) is 37.2 Å². The first-order valence-electron chi connectivity index (χ1n) is 8.49. The number of carboxylic acid groups (broad SMARTS) is 1. The molecule has 144 valence electrons. The Kier molecular flexibility index (Phi) is 6.95. The summed E-state index contributed by atoms with van der Waals surface area (Å²) in [6.07, 6.45) is 0.611. The largest absolute Gasteiger partial charge is 0.480 e. The molecule has 3 N–H and O–H groups in total. The SMILES string of the molecule is CCCS(=O)(=O)Nc1cccc(C(=O)N[C@H](Cc2ccccc2)C(=O)O)c1. The quantitative estimate of drug-likeness (QED) is 0.608. The fourth-order valence-corrected chi connectivity index (χ4v) is 3.64. The van der Waals surface area contributed by atoms with Gasteiger partial charge in [-0.15, -0.1) is 0 Å². The van der Waals surface area contributed by atoms with Gasteiger partial charge in [-0.1, -0.05) is 43.3 Å². The smallest absolute Gasteiger partial charge is 0.326 e. The lowest BCUT2D eigenvalue weighted by Gasteiger charge is -2.15. The first-order chi connectivity index (χ1) is 12.8. The molecule has 0 saturated carbocycles. The molecule has 1 amide bonds. The van der Waals surface area contributed by atoms with Crippen LogP contribution in [-0.2, 0) is 21.2 Å². The Balaban J connectivity index is 2.11. The highest BCUT2D eigenvalue weighted by Gasteiger charge is 2.21. The first kappa shape index (κ1) is 20.4. The molecule has 0 bridgehead atoms. The van der Waals surface area contributed by atoms with Gasteiger partial charge in [0.2, 0.25) is 10.0 Å². The van der Waals surface area contributed by atoms with E-state index in [0.717, 1.165) is 5.56 Å². The van der Waals surface area contributed by atoms with Gasteiger partial charge in [0.1, 0.15) is 6.04 Å². The third-order valence-electron chi connectivity index (χ3n) is 3.76. The summed E-state index contributed by atoms with van der Waals surface area (Å²) in [5, 5.41) is 11.9. The van der Waals surface area contributed by atoms with Gasteiger partial charge in [0, 0.05) is 17.7 Å². The van der Waals surface area contributed by atoms with Gasteiger partial charge >= 0.3 is 5.97 Å². The van der Waals surface area contributed by atoms with Gasteiger partial charge < -0.3 is 10.4 Å². The average molecular weight is 390 g/mol. The maximum Gasteiger partial charge on any atom is 0.326 e. The van der Waals surface area contributed by atoms with Crippen LogP contribution in [0.5, 0.6) is 0 Å². The molecule has 0 radical (unpaired) electrons. The van der Waals surface area contributed by atoms with E-state index in [4.69, 9.17) is 0 Å². The van der Waals surface area contributed by atoms with E-state index in [0.29, 0.717) is 6.42 Å². The van der Waals surface area contributed by atoms with Crippen molar-refractivity contribution in [3.05, 3.63) is 65.7 Å². The Morgan fingerprint density at radius 1 is 1.07 bits per heavy atom. The standard InChI is InChI=1S/C19H22N2O5S/c1-2-11-27(25,26)21-16-10-6-9-15(13-16)18(22)20-17(19(23)24)12-14-7-4-3-5-8-14/h3-10,13,17,21H,2,11-12H2,1H3,(H,20,22)(H,23,24)/t17-/m1/s1. The van der Waals surface area contributed by atoms with Gasteiger partial charge in [0.05, 0.1) is 5.75 Å².